The van der Waals surface area contributed by atoms with Crippen molar-refractivity contribution < 1.29 is 14.3 Å². The van der Waals surface area contributed by atoms with E-state index in [0.717, 1.165) is 12.8 Å². The lowest BCUT2D eigenvalue weighted by molar-refractivity contribution is -0.147. The van der Waals surface area contributed by atoms with Crippen molar-refractivity contribution in [3.8, 4) is 0 Å². The highest BCUT2D eigenvalue weighted by atomic mass is 16.5. The number of hydrogen-bond acceptors (Lipinski definition) is 4. The van der Waals surface area contributed by atoms with Crippen molar-refractivity contribution in [1.29, 1.82) is 0 Å². The molecular formula is C11H22N2O3. The molecule has 0 heterocycles. The zero-order chi connectivity index (χ0) is 12.6. The fourth-order valence-electron chi connectivity index (χ4n) is 1.63. The number of unbranched alkanes of at least 4 members (excludes halogenated alkanes) is 1. The summed E-state index contributed by atoms with van der Waals surface area (Å²) in [6.45, 7) is 4.65. The maximum absolute atomic E-state index is 11.6. The molecule has 0 fully saturated rings. The molecular weight excluding hydrogens is 208 g/mol. The van der Waals surface area contributed by atoms with Crippen molar-refractivity contribution in [2.75, 3.05) is 20.2 Å². The number of amides is 1. The van der Waals surface area contributed by atoms with Crippen LogP contribution in [0.3, 0.4) is 0 Å². The van der Waals surface area contributed by atoms with Gasteiger partial charge in [-0.05, 0) is 13.0 Å². The first-order valence-corrected chi connectivity index (χ1v) is 5.66. The summed E-state index contributed by atoms with van der Waals surface area (Å²) >= 11 is 0. The molecule has 0 aromatic heterocycles. The summed E-state index contributed by atoms with van der Waals surface area (Å²) in [6.07, 6.45) is 2.63. The van der Waals surface area contributed by atoms with Crippen LogP contribution in [0.25, 0.3) is 0 Å². The van der Waals surface area contributed by atoms with E-state index in [2.05, 4.69) is 6.92 Å². The van der Waals surface area contributed by atoms with Gasteiger partial charge in [-0.25, -0.2) is 0 Å². The second kappa shape index (κ2) is 8.10. The average Bonchev–Trinajstić information content (AvgIpc) is 2.26. The number of nitrogens with zero attached hydrogens (tertiary/aromatic N) is 1. The van der Waals surface area contributed by atoms with Gasteiger partial charge in [0.05, 0.1) is 13.7 Å². The molecule has 0 saturated heterocycles. The highest BCUT2D eigenvalue weighted by molar-refractivity contribution is 5.79. The normalized spacial score (nSPS) is 12.5. The van der Waals surface area contributed by atoms with E-state index in [0.29, 0.717) is 13.0 Å². The number of ether oxygens (including phenoxy) is 1. The number of hydrogen-bond donors (Lipinski definition) is 1. The standard InChI is InChI=1S/C11H22N2O3/c1-4-6-7-9(11(15)16-3)13(5-2)8-10(12)14/h9H,4-8H2,1-3H3,(H2,12,14). The third-order valence-corrected chi connectivity index (χ3v) is 2.51. The SMILES string of the molecule is CCCCC(C(=O)OC)N(CC)CC(N)=O. The minimum absolute atomic E-state index is 0.0972. The zero-order valence-corrected chi connectivity index (χ0v) is 10.4. The summed E-state index contributed by atoms with van der Waals surface area (Å²) in [6, 6.07) is -0.359. The maximum Gasteiger partial charge on any atom is 0.323 e. The molecule has 0 aliphatic heterocycles. The Morgan fingerprint density at radius 1 is 1.38 bits per heavy atom. The molecule has 5 heteroatoms. The van der Waals surface area contributed by atoms with Crippen LogP contribution in [0.4, 0.5) is 0 Å². The van der Waals surface area contributed by atoms with Crippen molar-refractivity contribution in [2.24, 2.45) is 5.73 Å². The van der Waals surface area contributed by atoms with Crippen LogP contribution >= 0.6 is 0 Å². The predicted octanol–water partition coefficient (Wildman–Crippen LogP) is 0.525. The molecule has 16 heavy (non-hydrogen) atoms. The molecule has 1 amide bonds. The summed E-state index contributed by atoms with van der Waals surface area (Å²) in [5, 5.41) is 0. The summed E-state index contributed by atoms with van der Waals surface area (Å²) in [4.78, 5) is 24.2. The number of rotatable bonds is 8. The monoisotopic (exact) mass is 230 g/mol. The molecule has 94 valence electrons. The number of carbonyl (C=O) groups excluding carboxylic acids is 2. The van der Waals surface area contributed by atoms with E-state index in [-0.39, 0.29) is 18.6 Å². The van der Waals surface area contributed by atoms with E-state index >= 15 is 0 Å². The van der Waals surface area contributed by atoms with Gasteiger partial charge in [0.25, 0.3) is 0 Å². The minimum atomic E-state index is -0.424. The molecule has 0 spiro atoms. The molecule has 0 rings (SSSR count). The number of primary amides is 1. The number of esters is 1. The Kier molecular flexibility index (Phi) is 7.54. The number of nitrogens with two attached hydrogens (primary N) is 1. The largest absolute Gasteiger partial charge is 0.468 e. The van der Waals surface area contributed by atoms with Crippen molar-refractivity contribution >= 4 is 11.9 Å². The molecule has 0 bridgehead atoms. The van der Waals surface area contributed by atoms with Gasteiger partial charge in [0.1, 0.15) is 6.04 Å². The zero-order valence-electron chi connectivity index (χ0n) is 10.4. The van der Waals surface area contributed by atoms with Crippen LogP contribution in [-0.2, 0) is 14.3 Å². The summed E-state index contributed by atoms with van der Waals surface area (Å²) in [7, 11) is 1.36. The Labute approximate surface area is 96.9 Å². The molecule has 0 aliphatic carbocycles. The lowest BCUT2D eigenvalue weighted by Gasteiger charge is -2.27. The van der Waals surface area contributed by atoms with Crippen LogP contribution < -0.4 is 5.73 Å². The van der Waals surface area contributed by atoms with Crippen LogP contribution in [0.2, 0.25) is 0 Å². The second-order valence-corrected chi connectivity index (χ2v) is 3.71. The van der Waals surface area contributed by atoms with Crippen LogP contribution in [0, 0.1) is 0 Å². The number of carbonyl (C=O) groups is 2. The first-order valence-electron chi connectivity index (χ1n) is 5.66. The van der Waals surface area contributed by atoms with Gasteiger partial charge in [-0.1, -0.05) is 26.7 Å². The van der Waals surface area contributed by atoms with E-state index in [9.17, 15) is 9.59 Å². The van der Waals surface area contributed by atoms with Gasteiger partial charge >= 0.3 is 5.97 Å². The molecule has 0 saturated carbocycles. The number of likely N-dealkylation sites (N-methyl/N-ethyl adjacent to an activating group) is 1. The van der Waals surface area contributed by atoms with E-state index in [4.69, 9.17) is 10.5 Å². The smallest absolute Gasteiger partial charge is 0.323 e. The molecule has 0 aliphatic rings. The highest BCUT2D eigenvalue weighted by Gasteiger charge is 2.25. The van der Waals surface area contributed by atoms with Crippen LogP contribution in [-0.4, -0.2) is 43.0 Å². The maximum atomic E-state index is 11.6. The Morgan fingerprint density at radius 3 is 2.38 bits per heavy atom. The molecule has 0 radical (unpaired) electrons. The van der Waals surface area contributed by atoms with Gasteiger partial charge in [-0.15, -0.1) is 0 Å². The van der Waals surface area contributed by atoms with E-state index in [1.54, 1.807) is 4.90 Å². The van der Waals surface area contributed by atoms with Gasteiger partial charge in [0.2, 0.25) is 5.91 Å². The molecule has 0 aromatic carbocycles. The third kappa shape index (κ3) is 5.11. The van der Waals surface area contributed by atoms with E-state index in [1.165, 1.54) is 7.11 Å². The van der Waals surface area contributed by atoms with E-state index in [1.807, 2.05) is 6.92 Å². The van der Waals surface area contributed by atoms with Gasteiger partial charge < -0.3 is 10.5 Å². The Bertz CT molecular complexity index is 231. The summed E-state index contributed by atoms with van der Waals surface area (Å²) in [5.41, 5.74) is 5.14. The Balaban J connectivity index is 4.54. The Hall–Kier alpha value is -1.10. The van der Waals surface area contributed by atoms with E-state index < -0.39 is 5.91 Å². The molecule has 0 aromatic rings. The fraction of sp³-hybridized carbons (Fsp3) is 0.818. The topological polar surface area (TPSA) is 72.6 Å². The minimum Gasteiger partial charge on any atom is -0.468 e. The number of methoxy groups -OCH3 is 1. The first-order chi connectivity index (χ1) is 7.56. The second-order valence-electron chi connectivity index (χ2n) is 3.71. The van der Waals surface area contributed by atoms with Crippen LogP contribution in [0.1, 0.15) is 33.1 Å². The highest BCUT2D eigenvalue weighted by Crippen LogP contribution is 2.10. The molecule has 5 nitrogen and oxygen atoms in total. The Morgan fingerprint density at radius 2 is 2.00 bits per heavy atom. The lowest BCUT2D eigenvalue weighted by atomic mass is 10.1. The van der Waals surface area contributed by atoms with Crippen LogP contribution in [0.5, 0.6) is 0 Å². The average molecular weight is 230 g/mol. The molecule has 2 N–H and O–H groups in total. The van der Waals surface area contributed by atoms with Gasteiger partial charge in [-0.2, -0.15) is 0 Å². The van der Waals surface area contributed by atoms with Crippen molar-refractivity contribution in [1.82, 2.24) is 4.90 Å². The van der Waals surface area contributed by atoms with Crippen molar-refractivity contribution in [2.45, 2.75) is 39.2 Å². The summed E-state index contributed by atoms with van der Waals surface area (Å²) < 4.78 is 4.74. The van der Waals surface area contributed by atoms with Crippen molar-refractivity contribution in [3.05, 3.63) is 0 Å². The quantitative estimate of drug-likeness (QED) is 0.617. The van der Waals surface area contributed by atoms with Crippen LogP contribution in [0.15, 0.2) is 0 Å². The first kappa shape index (κ1) is 14.9. The summed E-state index contributed by atoms with van der Waals surface area (Å²) in [5.74, 6) is -0.719. The third-order valence-electron chi connectivity index (χ3n) is 2.51. The van der Waals surface area contributed by atoms with Gasteiger partial charge in [0.15, 0.2) is 0 Å². The van der Waals surface area contributed by atoms with Gasteiger partial charge in [0, 0.05) is 0 Å². The predicted molar refractivity (Wildman–Crippen MR) is 61.8 cm³/mol. The fourth-order valence-corrected chi connectivity index (χ4v) is 1.63. The van der Waals surface area contributed by atoms with Crippen molar-refractivity contribution in [3.63, 3.8) is 0 Å². The molecule has 1 atom stereocenters. The van der Waals surface area contributed by atoms with Gasteiger partial charge in [-0.3, -0.25) is 14.5 Å². The lowest BCUT2D eigenvalue weighted by Crippen LogP contribution is -2.45. The molecule has 1 unspecified atom stereocenters.